The van der Waals surface area contributed by atoms with Gasteiger partial charge in [-0.2, -0.15) is 0 Å². The molecule has 2 aromatic heterocycles. The van der Waals surface area contributed by atoms with Crippen molar-refractivity contribution in [2.24, 2.45) is 5.41 Å². The Bertz CT molecular complexity index is 608. The summed E-state index contributed by atoms with van der Waals surface area (Å²) in [7, 11) is 0. The van der Waals surface area contributed by atoms with Crippen LogP contribution in [0.2, 0.25) is 0 Å². The maximum atomic E-state index is 11.1. The van der Waals surface area contributed by atoms with Gasteiger partial charge >= 0.3 is 5.97 Å². The Morgan fingerprint density at radius 3 is 2.61 bits per heavy atom. The minimum Gasteiger partial charge on any atom is -0.506 e. The van der Waals surface area contributed by atoms with E-state index in [-0.39, 0.29) is 16.9 Å². The van der Waals surface area contributed by atoms with E-state index >= 15 is 0 Å². The molecule has 5 nitrogen and oxygen atoms in total. The SMILES string of the molecule is CC(C)(C)Cc1nc(C(=O)O)c2ccc(O)cn12. The molecular weight excluding hydrogens is 232 g/mol. The predicted octanol–water partition coefficient (Wildman–Crippen LogP) is 2.33. The number of carboxylic acid groups (broad SMARTS) is 1. The third-order valence-corrected chi connectivity index (χ3v) is 2.59. The third kappa shape index (κ3) is 2.30. The molecule has 0 aliphatic carbocycles. The van der Waals surface area contributed by atoms with Crippen molar-refractivity contribution in [2.45, 2.75) is 27.2 Å². The zero-order valence-corrected chi connectivity index (χ0v) is 10.6. The summed E-state index contributed by atoms with van der Waals surface area (Å²) in [5.74, 6) is -0.323. The molecule has 0 radical (unpaired) electrons. The number of aromatic hydroxyl groups is 1. The van der Waals surface area contributed by atoms with Gasteiger partial charge in [-0.1, -0.05) is 20.8 Å². The molecule has 0 saturated carbocycles. The number of pyridine rings is 1. The number of nitrogens with zero attached hydrogens (tertiary/aromatic N) is 2. The Morgan fingerprint density at radius 2 is 2.06 bits per heavy atom. The number of fused-ring (bicyclic) bond motifs is 1. The fourth-order valence-electron chi connectivity index (χ4n) is 1.89. The highest BCUT2D eigenvalue weighted by molar-refractivity contribution is 5.93. The van der Waals surface area contributed by atoms with Crippen molar-refractivity contribution in [1.82, 2.24) is 9.38 Å². The smallest absolute Gasteiger partial charge is 0.356 e. The predicted molar refractivity (Wildman–Crippen MR) is 67.0 cm³/mol. The zero-order chi connectivity index (χ0) is 13.5. The molecule has 18 heavy (non-hydrogen) atoms. The minimum atomic E-state index is -1.06. The van der Waals surface area contributed by atoms with Gasteiger partial charge in [-0.3, -0.25) is 4.40 Å². The van der Waals surface area contributed by atoms with Crippen LogP contribution in [0.15, 0.2) is 18.3 Å². The van der Waals surface area contributed by atoms with Crippen LogP contribution in [0.4, 0.5) is 0 Å². The van der Waals surface area contributed by atoms with Gasteiger partial charge in [-0.15, -0.1) is 0 Å². The zero-order valence-electron chi connectivity index (χ0n) is 10.6. The van der Waals surface area contributed by atoms with E-state index < -0.39 is 5.97 Å². The highest BCUT2D eigenvalue weighted by Gasteiger charge is 2.21. The lowest BCUT2D eigenvalue weighted by Crippen LogP contribution is -2.12. The number of aromatic nitrogens is 2. The van der Waals surface area contributed by atoms with Gasteiger partial charge in [-0.25, -0.2) is 9.78 Å². The average Bonchev–Trinajstić information content (AvgIpc) is 2.54. The van der Waals surface area contributed by atoms with E-state index in [1.165, 1.54) is 12.3 Å². The Hall–Kier alpha value is -2.04. The lowest BCUT2D eigenvalue weighted by Gasteiger charge is -2.16. The molecule has 0 aliphatic rings. The van der Waals surface area contributed by atoms with Crippen LogP contribution in [0.1, 0.15) is 37.1 Å². The van der Waals surface area contributed by atoms with Crippen LogP contribution >= 0.6 is 0 Å². The summed E-state index contributed by atoms with van der Waals surface area (Å²) >= 11 is 0. The molecule has 2 aromatic rings. The summed E-state index contributed by atoms with van der Waals surface area (Å²) in [6.07, 6.45) is 2.13. The summed E-state index contributed by atoms with van der Waals surface area (Å²) in [6.45, 7) is 6.16. The van der Waals surface area contributed by atoms with Crippen molar-refractivity contribution in [3.8, 4) is 5.75 Å². The van der Waals surface area contributed by atoms with Gasteiger partial charge in [-0.05, 0) is 17.5 Å². The molecule has 0 amide bonds. The van der Waals surface area contributed by atoms with Gasteiger partial charge in [0.2, 0.25) is 0 Å². The van der Waals surface area contributed by atoms with E-state index in [2.05, 4.69) is 25.8 Å². The van der Waals surface area contributed by atoms with E-state index in [1.54, 1.807) is 10.5 Å². The molecule has 0 bridgehead atoms. The molecule has 0 aliphatic heterocycles. The fraction of sp³-hybridized carbons (Fsp3) is 0.385. The van der Waals surface area contributed by atoms with Crippen molar-refractivity contribution in [2.75, 3.05) is 0 Å². The quantitative estimate of drug-likeness (QED) is 0.855. The highest BCUT2D eigenvalue weighted by atomic mass is 16.4. The van der Waals surface area contributed by atoms with Crippen LogP contribution in [-0.4, -0.2) is 25.6 Å². The standard InChI is InChI=1S/C13H16N2O3/c1-13(2,3)6-10-14-11(12(17)18)9-5-4-8(16)7-15(9)10/h4-5,7,16H,6H2,1-3H3,(H,17,18). The van der Waals surface area contributed by atoms with Crippen LogP contribution in [0.25, 0.3) is 5.52 Å². The Balaban J connectivity index is 2.65. The van der Waals surface area contributed by atoms with Crippen molar-refractivity contribution in [3.05, 3.63) is 29.8 Å². The molecule has 5 heteroatoms. The molecule has 0 spiro atoms. The second kappa shape index (κ2) is 4.01. The molecule has 2 heterocycles. The van der Waals surface area contributed by atoms with E-state index in [4.69, 9.17) is 5.11 Å². The number of hydrogen-bond acceptors (Lipinski definition) is 3. The van der Waals surface area contributed by atoms with Crippen LogP contribution in [0.3, 0.4) is 0 Å². The van der Waals surface area contributed by atoms with E-state index in [0.717, 1.165) is 0 Å². The van der Waals surface area contributed by atoms with E-state index in [9.17, 15) is 9.90 Å². The second-order valence-corrected chi connectivity index (χ2v) is 5.56. The van der Waals surface area contributed by atoms with Gasteiger partial charge in [0.15, 0.2) is 5.69 Å². The Morgan fingerprint density at radius 1 is 1.39 bits per heavy atom. The van der Waals surface area contributed by atoms with Crippen LogP contribution in [-0.2, 0) is 6.42 Å². The van der Waals surface area contributed by atoms with Crippen molar-refractivity contribution in [1.29, 1.82) is 0 Å². The van der Waals surface area contributed by atoms with Gasteiger partial charge in [0.05, 0.1) is 11.7 Å². The largest absolute Gasteiger partial charge is 0.506 e. The Labute approximate surface area is 105 Å². The Kier molecular flexibility index (Phi) is 2.77. The monoisotopic (exact) mass is 248 g/mol. The van der Waals surface area contributed by atoms with Gasteiger partial charge in [0, 0.05) is 6.42 Å². The number of carboxylic acids is 1. The molecule has 0 atom stereocenters. The van der Waals surface area contributed by atoms with Crippen LogP contribution in [0.5, 0.6) is 5.75 Å². The first-order chi connectivity index (χ1) is 8.28. The molecular formula is C13H16N2O3. The van der Waals surface area contributed by atoms with Crippen molar-refractivity contribution >= 4 is 11.5 Å². The van der Waals surface area contributed by atoms with Crippen LogP contribution < -0.4 is 0 Å². The summed E-state index contributed by atoms with van der Waals surface area (Å²) in [4.78, 5) is 15.3. The number of aromatic carboxylic acids is 1. The first-order valence-electron chi connectivity index (χ1n) is 5.71. The topological polar surface area (TPSA) is 74.8 Å². The second-order valence-electron chi connectivity index (χ2n) is 5.56. The summed E-state index contributed by atoms with van der Waals surface area (Å²) in [5, 5.41) is 18.6. The fourth-order valence-corrected chi connectivity index (χ4v) is 1.89. The van der Waals surface area contributed by atoms with E-state index in [1.807, 2.05) is 0 Å². The first kappa shape index (κ1) is 12.4. The molecule has 0 aromatic carbocycles. The highest BCUT2D eigenvalue weighted by Crippen LogP contribution is 2.24. The summed E-state index contributed by atoms with van der Waals surface area (Å²) in [6, 6.07) is 3.03. The average molecular weight is 248 g/mol. The van der Waals surface area contributed by atoms with Crippen LogP contribution in [0, 0.1) is 5.41 Å². The molecule has 2 N–H and O–H groups in total. The summed E-state index contributed by atoms with van der Waals surface area (Å²) < 4.78 is 1.64. The van der Waals surface area contributed by atoms with Gasteiger partial charge in [0.25, 0.3) is 0 Å². The number of imidazole rings is 1. The summed E-state index contributed by atoms with van der Waals surface area (Å²) in [5.41, 5.74) is 0.511. The molecule has 96 valence electrons. The molecule has 0 unspecified atom stereocenters. The van der Waals surface area contributed by atoms with Crippen molar-refractivity contribution < 1.29 is 15.0 Å². The maximum absolute atomic E-state index is 11.1. The normalized spacial score (nSPS) is 11.9. The number of carbonyl (C=O) groups is 1. The number of rotatable bonds is 2. The van der Waals surface area contributed by atoms with E-state index in [0.29, 0.717) is 17.8 Å². The molecule has 0 fully saturated rings. The number of hydrogen-bond donors (Lipinski definition) is 2. The lowest BCUT2D eigenvalue weighted by molar-refractivity contribution is 0.0693. The maximum Gasteiger partial charge on any atom is 0.356 e. The first-order valence-corrected chi connectivity index (χ1v) is 5.71. The van der Waals surface area contributed by atoms with Gasteiger partial charge < -0.3 is 10.2 Å². The molecule has 2 rings (SSSR count). The van der Waals surface area contributed by atoms with Crippen molar-refractivity contribution in [3.63, 3.8) is 0 Å². The lowest BCUT2D eigenvalue weighted by atomic mass is 9.92. The molecule has 0 saturated heterocycles. The third-order valence-electron chi connectivity index (χ3n) is 2.59. The minimum absolute atomic E-state index is 0.0114. The van der Waals surface area contributed by atoms with Gasteiger partial charge in [0.1, 0.15) is 11.6 Å².